The molecule has 2 N–H and O–H groups in total. The standard InChI is InChI=1S/C8H17IN2O2S/c1-8(2,3)5-11-4-6(7(11)9)14(10,12)13/h6-7H,4-5H2,1-3H3,(H2,10,12,13). The Labute approximate surface area is 99.4 Å². The average Bonchev–Trinajstić information content (AvgIpc) is 1.92. The maximum absolute atomic E-state index is 11.1. The molecule has 0 aromatic rings. The van der Waals surface area contributed by atoms with E-state index in [9.17, 15) is 8.42 Å². The van der Waals surface area contributed by atoms with Crippen LogP contribution in [0.25, 0.3) is 0 Å². The van der Waals surface area contributed by atoms with Gasteiger partial charge in [-0.05, 0) is 5.41 Å². The Morgan fingerprint density at radius 3 is 2.29 bits per heavy atom. The van der Waals surface area contributed by atoms with Gasteiger partial charge in [0.05, 0.1) is 4.05 Å². The molecular formula is C8H17IN2O2S. The van der Waals surface area contributed by atoms with Gasteiger partial charge in [0.15, 0.2) is 0 Å². The van der Waals surface area contributed by atoms with Gasteiger partial charge < -0.3 is 0 Å². The SMILES string of the molecule is CC(C)(C)CN1CC(S(N)(=O)=O)C1I. The van der Waals surface area contributed by atoms with Crippen LogP contribution < -0.4 is 5.14 Å². The fraction of sp³-hybridized carbons (Fsp3) is 1.00. The molecule has 84 valence electrons. The average molecular weight is 332 g/mol. The van der Waals surface area contributed by atoms with E-state index in [-0.39, 0.29) is 14.7 Å². The number of nitrogens with zero attached hydrogens (tertiary/aromatic N) is 1. The van der Waals surface area contributed by atoms with Crippen molar-refractivity contribution in [2.75, 3.05) is 13.1 Å². The molecule has 0 saturated carbocycles. The Hall–Kier alpha value is 0.600. The fourth-order valence-electron chi connectivity index (χ4n) is 1.54. The highest BCUT2D eigenvalue weighted by Gasteiger charge is 2.44. The zero-order chi connectivity index (χ0) is 11.1. The minimum Gasteiger partial charge on any atom is -0.288 e. The summed E-state index contributed by atoms with van der Waals surface area (Å²) in [5.41, 5.74) is 0.201. The van der Waals surface area contributed by atoms with E-state index in [1.54, 1.807) is 0 Å². The van der Waals surface area contributed by atoms with E-state index in [1.165, 1.54) is 0 Å². The predicted octanol–water partition coefficient (Wildman–Crippen LogP) is 0.766. The molecule has 4 nitrogen and oxygen atoms in total. The van der Waals surface area contributed by atoms with E-state index in [0.717, 1.165) is 6.54 Å². The second-order valence-corrected chi connectivity index (χ2v) is 8.05. The molecule has 0 radical (unpaired) electrons. The monoisotopic (exact) mass is 332 g/mol. The van der Waals surface area contributed by atoms with Crippen LogP contribution in [0.5, 0.6) is 0 Å². The molecule has 1 aliphatic rings. The second kappa shape index (κ2) is 3.88. The van der Waals surface area contributed by atoms with Crippen molar-refractivity contribution in [3.8, 4) is 0 Å². The highest BCUT2D eigenvalue weighted by Crippen LogP contribution is 2.31. The molecule has 1 fully saturated rings. The summed E-state index contributed by atoms with van der Waals surface area (Å²) in [6.07, 6.45) is 0. The lowest BCUT2D eigenvalue weighted by atomic mass is 9.94. The first kappa shape index (κ1) is 12.7. The molecule has 1 heterocycles. The lowest BCUT2D eigenvalue weighted by Gasteiger charge is -2.46. The van der Waals surface area contributed by atoms with Crippen molar-refractivity contribution < 1.29 is 8.42 Å². The third-order valence-corrected chi connectivity index (χ3v) is 5.56. The molecule has 0 aromatic heterocycles. The van der Waals surface area contributed by atoms with Crippen LogP contribution in [0.3, 0.4) is 0 Å². The molecule has 2 unspecified atom stereocenters. The van der Waals surface area contributed by atoms with Crippen LogP contribution in [0.4, 0.5) is 0 Å². The lowest BCUT2D eigenvalue weighted by molar-refractivity contribution is 0.117. The molecule has 1 rings (SSSR count). The van der Waals surface area contributed by atoms with Crippen molar-refractivity contribution in [2.45, 2.75) is 30.1 Å². The number of likely N-dealkylation sites (tertiary alicyclic amines) is 1. The number of primary sulfonamides is 1. The minimum atomic E-state index is -3.35. The minimum absolute atomic E-state index is 0.0295. The summed E-state index contributed by atoms with van der Waals surface area (Å²) in [6, 6.07) is 0. The molecule has 0 amide bonds. The topological polar surface area (TPSA) is 63.4 Å². The maximum atomic E-state index is 11.1. The van der Waals surface area contributed by atoms with Crippen LogP contribution in [0, 0.1) is 5.41 Å². The Kier molecular flexibility index (Phi) is 3.51. The maximum Gasteiger partial charge on any atom is 0.215 e. The van der Waals surface area contributed by atoms with Crippen molar-refractivity contribution in [3.63, 3.8) is 0 Å². The first-order chi connectivity index (χ1) is 6.11. The Bertz CT molecular complexity index is 310. The predicted molar refractivity (Wildman–Crippen MR) is 65.7 cm³/mol. The van der Waals surface area contributed by atoms with Crippen molar-refractivity contribution in [2.24, 2.45) is 10.6 Å². The van der Waals surface area contributed by atoms with Gasteiger partial charge in [0.1, 0.15) is 5.25 Å². The summed E-state index contributed by atoms with van der Waals surface area (Å²) in [5, 5.41) is 4.71. The largest absolute Gasteiger partial charge is 0.288 e. The summed E-state index contributed by atoms with van der Waals surface area (Å²) in [7, 11) is -3.35. The van der Waals surface area contributed by atoms with E-state index in [0.29, 0.717) is 6.54 Å². The number of rotatable bonds is 2. The Morgan fingerprint density at radius 1 is 1.50 bits per heavy atom. The van der Waals surface area contributed by atoms with Crippen molar-refractivity contribution in [1.29, 1.82) is 0 Å². The molecule has 2 atom stereocenters. The van der Waals surface area contributed by atoms with Gasteiger partial charge in [-0.3, -0.25) is 4.90 Å². The zero-order valence-electron chi connectivity index (χ0n) is 8.70. The molecule has 0 aromatic carbocycles. The van der Waals surface area contributed by atoms with Crippen LogP contribution in [0.1, 0.15) is 20.8 Å². The second-order valence-electron chi connectivity index (χ2n) is 4.99. The van der Waals surface area contributed by atoms with Gasteiger partial charge in [0, 0.05) is 13.1 Å². The number of sulfonamides is 1. The van der Waals surface area contributed by atoms with E-state index in [1.807, 2.05) is 0 Å². The van der Waals surface area contributed by atoms with Gasteiger partial charge in [0.25, 0.3) is 0 Å². The third-order valence-electron chi connectivity index (χ3n) is 2.17. The van der Waals surface area contributed by atoms with Gasteiger partial charge in [-0.2, -0.15) is 0 Å². The first-order valence-electron chi connectivity index (χ1n) is 4.51. The van der Waals surface area contributed by atoms with Gasteiger partial charge in [-0.15, -0.1) is 0 Å². The molecule has 14 heavy (non-hydrogen) atoms. The van der Waals surface area contributed by atoms with Crippen LogP contribution in [-0.4, -0.2) is 35.7 Å². The molecule has 0 bridgehead atoms. The first-order valence-corrected chi connectivity index (χ1v) is 7.36. The number of hydrogen-bond donors (Lipinski definition) is 1. The van der Waals surface area contributed by atoms with E-state index in [2.05, 4.69) is 48.3 Å². The molecular weight excluding hydrogens is 315 g/mol. The zero-order valence-corrected chi connectivity index (χ0v) is 11.7. The van der Waals surface area contributed by atoms with Crippen molar-refractivity contribution >= 4 is 32.6 Å². The molecule has 0 aliphatic carbocycles. The number of alkyl halides is 1. The van der Waals surface area contributed by atoms with Gasteiger partial charge in [-0.1, -0.05) is 43.4 Å². The van der Waals surface area contributed by atoms with Crippen LogP contribution in [0.15, 0.2) is 0 Å². The molecule has 6 heteroatoms. The Balaban J connectivity index is 2.53. The number of halogens is 1. The number of hydrogen-bond acceptors (Lipinski definition) is 3. The van der Waals surface area contributed by atoms with E-state index < -0.39 is 10.0 Å². The molecule has 1 aliphatic heterocycles. The van der Waals surface area contributed by atoms with Gasteiger partial charge in [-0.25, -0.2) is 13.6 Å². The van der Waals surface area contributed by atoms with Crippen LogP contribution in [-0.2, 0) is 10.0 Å². The van der Waals surface area contributed by atoms with E-state index >= 15 is 0 Å². The normalized spacial score (nSPS) is 30.1. The highest BCUT2D eigenvalue weighted by molar-refractivity contribution is 14.1. The summed E-state index contributed by atoms with van der Waals surface area (Å²) < 4.78 is 22.2. The highest BCUT2D eigenvalue weighted by atomic mass is 127. The molecule has 1 saturated heterocycles. The van der Waals surface area contributed by atoms with Crippen molar-refractivity contribution in [3.05, 3.63) is 0 Å². The Morgan fingerprint density at radius 2 is 2.00 bits per heavy atom. The van der Waals surface area contributed by atoms with Crippen LogP contribution >= 0.6 is 22.6 Å². The quantitative estimate of drug-likeness (QED) is 0.461. The molecule has 0 spiro atoms. The fourth-order valence-corrected chi connectivity index (χ4v) is 4.30. The van der Waals surface area contributed by atoms with Gasteiger partial charge in [0.2, 0.25) is 10.0 Å². The summed E-state index contributed by atoms with van der Waals surface area (Å²) >= 11 is 2.15. The van der Waals surface area contributed by atoms with E-state index in [4.69, 9.17) is 5.14 Å². The summed E-state index contributed by atoms with van der Waals surface area (Å²) in [6.45, 7) is 7.90. The lowest BCUT2D eigenvalue weighted by Crippen LogP contribution is -2.62. The van der Waals surface area contributed by atoms with Crippen molar-refractivity contribution in [1.82, 2.24) is 4.90 Å². The van der Waals surface area contributed by atoms with Gasteiger partial charge >= 0.3 is 0 Å². The van der Waals surface area contributed by atoms with Crippen LogP contribution in [0.2, 0.25) is 0 Å². The third kappa shape index (κ3) is 3.04. The summed E-state index contributed by atoms with van der Waals surface area (Å²) in [5.74, 6) is 0. The smallest absolute Gasteiger partial charge is 0.215 e. The summed E-state index contributed by atoms with van der Waals surface area (Å²) in [4.78, 5) is 2.15. The number of nitrogens with two attached hydrogens (primary N) is 1.